The Kier molecular flexibility index (Phi) is 43.3. The number of phosphoric ester groups is 1. The summed E-state index contributed by atoms with van der Waals surface area (Å²) in [4.78, 5) is 25.3. The highest BCUT2D eigenvalue weighted by molar-refractivity contribution is 7.45. The lowest BCUT2D eigenvalue weighted by Gasteiger charge is -2.30. The van der Waals surface area contributed by atoms with E-state index in [0.29, 0.717) is 23.9 Å². The van der Waals surface area contributed by atoms with Crippen LogP contribution in [0.25, 0.3) is 0 Å². The summed E-state index contributed by atoms with van der Waals surface area (Å²) in [6.45, 7) is 4.53. The maximum atomic E-state index is 12.9. The number of amides is 1. The number of allylic oxidation sites excluding steroid dienone is 18. The molecule has 0 aromatic rings. The lowest BCUT2D eigenvalue weighted by atomic mass is 10.0. The molecular weight excluding hydrogens is 816 g/mol. The van der Waals surface area contributed by atoms with Crippen LogP contribution >= 0.6 is 7.82 Å². The highest BCUT2D eigenvalue weighted by atomic mass is 31.2. The number of nitrogens with zero attached hydrogens (tertiary/aromatic N) is 1. The summed E-state index contributed by atoms with van der Waals surface area (Å²) in [7, 11) is 1.27. The van der Waals surface area contributed by atoms with Gasteiger partial charge in [-0.1, -0.05) is 200 Å². The number of hydrogen-bond acceptors (Lipinski definition) is 6. The van der Waals surface area contributed by atoms with Crippen LogP contribution in [-0.2, 0) is 18.4 Å². The molecule has 0 aliphatic heterocycles. The smallest absolute Gasteiger partial charge is 0.268 e. The van der Waals surface area contributed by atoms with E-state index in [1.165, 1.54) is 38.5 Å². The van der Waals surface area contributed by atoms with Gasteiger partial charge in [-0.25, -0.2) is 0 Å². The lowest BCUT2D eigenvalue weighted by Crippen LogP contribution is -2.46. The molecule has 1 amide bonds. The second kappa shape index (κ2) is 45.3. The molecule has 8 nitrogen and oxygen atoms in total. The van der Waals surface area contributed by atoms with Crippen molar-refractivity contribution in [1.82, 2.24) is 5.32 Å². The van der Waals surface area contributed by atoms with Gasteiger partial charge in [0, 0.05) is 6.42 Å². The minimum Gasteiger partial charge on any atom is -0.756 e. The molecule has 0 aromatic carbocycles. The first-order chi connectivity index (χ1) is 31.0. The molecule has 0 rings (SSSR count). The highest BCUT2D eigenvalue weighted by Gasteiger charge is 2.24. The molecule has 0 fully saturated rings. The van der Waals surface area contributed by atoms with E-state index in [4.69, 9.17) is 9.05 Å². The fraction of sp³-hybridized carbons (Fsp3) is 0.655. The zero-order chi connectivity index (χ0) is 47.1. The molecule has 3 unspecified atom stereocenters. The quantitative estimate of drug-likeness (QED) is 0.0273. The summed E-state index contributed by atoms with van der Waals surface area (Å²) in [6.07, 6.45) is 65.5. The number of rotatable bonds is 44. The van der Waals surface area contributed by atoms with E-state index in [-0.39, 0.29) is 19.1 Å². The van der Waals surface area contributed by atoms with E-state index in [0.717, 1.165) is 116 Å². The van der Waals surface area contributed by atoms with Gasteiger partial charge in [0.15, 0.2) is 0 Å². The number of aliphatic hydroxyl groups is 1. The van der Waals surface area contributed by atoms with Crippen LogP contribution in [-0.4, -0.2) is 68.5 Å². The average Bonchev–Trinajstić information content (AvgIpc) is 3.25. The topological polar surface area (TPSA) is 108 Å². The van der Waals surface area contributed by atoms with Gasteiger partial charge in [-0.15, -0.1) is 0 Å². The number of carbonyl (C=O) groups excluding carboxylic acids is 1. The number of unbranched alkanes of at least 4 members (excludes halogenated alkanes) is 13. The third kappa shape index (κ3) is 47.1. The van der Waals surface area contributed by atoms with Crippen LogP contribution in [0, 0.1) is 0 Å². The monoisotopic (exact) mass is 911 g/mol. The van der Waals surface area contributed by atoms with E-state index in [2.05, 4.69) is 129 Å². The molecule has 3 atom stereocenters. The number of hydrogen-bond donors (Lipinski definition) is 2. The van der Waals surface area contributed by atoms with Crippen LogP contribution < -0.4 is 10.2 Å². The van der Waals surface area contributed by atoms with E-state index >= 15 is 0 Å². The van der Waals surface area contributed by atoms with Gasteiger partial charge in [0.05, 0.1) is 39.9 Å². The number of carbonyl (C=O) groups is 1. The molecule has 9 heteroatoms. The Morgan fingerprint density at radius 2 is 0.953 bits per heavy atom. The zero-order valence-corrected chi connectivity index (χ0v) is 42.3. The molecule has 0 saturated carbocycles. The summed E-state index contributed by atoms with van der Waals surface area (Å²) < 4.78 is 23.2. The molecule has 366 valence electrons. The maximum Gasteiger partial charge on any atom is 0.268 e. The van der Waals surface area contributed by atoms with Crippen LogP contribution in [0.1, 0.15) is 181 Å². The predicted octanol–water partition coefficient (Wildman–Crippen LogP) is 14.2. The summed E-state index contributed by atoms with van der Waals surface area (Å²) >= 11 is 0. The lowest BCUT2D eigenvalue weighted by molar-refractivity contribution is -0.870. The van der Waals surface area contributed by atoms with Gasteiger partial charge in [0.1, 0.15) is 13.2 Å². The molecule has 0 bridgehead atoms. The van der Waals surface area contributed by atoms with E-state index in [9.17, 15) is 19.4 Å². The van der Waals surface area contributed by atoms with Crippen molar-refractivity contribution in [3.63, 3.8) is 0 Å². The maximum absolute atomic E-state index is 12.9. The molecule has 0 radical (unpaired) electrons. The number of quaternary nitrogens is 1. The third-order valence-electron chi connectivity index (χ3n) is 10.5. The van der Waals surface area contributed by atoms with Crippen molar-refractivity contribution >= 4 is 13.7 Å². The van der Waals surface area contributed by atoms with Crippen molar-refractivity contribution in [2.45, 2.75) is 193 Å². The summed E-state index contributed by atoms with van der Waals surface area (Å²) in [5.74, 6) is -0.192. The molecule has 2 N–H and O–H groups in total. The Morgan fingerprint density at radius 1 is 0.562 bits per heavy atom. The van der Waals surface area contributed by atoms with Crippen LogP contribution in [0.5, 0.6) is 0 Å². The molecule has 0 saturated heterocycles. The van der Waals surface area contributed by atoms with Gasteiger partial charge in [-0.05, 0) is 83.5 Å². The van der Waals surface area contributed by atoms with Gasteiger partial charge >= 0.3 is 0 Å². The van der Waals surface area contributed by atoms with Gasteiger partial charge in [0.2, 0.25) is 5.91 Å². The van der Waals surface area contributed by atoms with Crippen molar-refractivity contribution in [3.8, 4) is 0 Å². The minimum absolute atomic E-state index is 0.00166. The second-order valence-corrected chi connectivity index (χ2v) is 19.2. The van der Waals surface area contributed by atoms with Crippen LogP contribution in [0.4, 0.5) is 0 Å². The first-order valence-corrected chi connectivity index (χ1v) is 26.7. The Labute approximate surface area is 393 Å². The molecule has 64 heavy (non-hydrogen) atoms. The Morgan fingerprint density at radius 3 is 1.39 bits per heavy atom. The Balaban J connectivity index is 4.18. The van der Waals surface area contributed by atoms with Crippen LogP contribution in [0.15, 0.2) is 109 Å². The van der Waals surface area contributed by atoms with Crippen molar-refractivity contribution in [3.05, 3.63) is 109 Å². The molecular formula is C55H95N2O6P. The summed E-state index contributed by atoms with van der Waals surface area (Å²) in [5.41, 5.74) is 0. The van der Waals surface area contributed by atoms with Gasteiger partial charge in [0.25, 0.3) is 7.82 Å². The van der Waals surface area contributed by atoms with E-state index in [1.807, 2.05) is 21.1 Å². The zero-order valence-electron chi connectivity index (χ0n) is 41.4. The van der Waals surface area contributed by atoms with Crippen LogP contribution in [0.3, 0.4) is 0 Å². The largest absolute Gasteiger partial charge is 0.756 e. The fourth-order valence-corrected chi connectivity index (χ4v) is 7.28. The molecule has 0 aromatic heterocycles. The van der Waals surface area contributed by atoms with Crippen molar-refractivity contribution in [2.24, 2.45) is 0 Å². The average molecular weight is 911 g/mol. The van der Waals surface area contributed by atoms with Crippen molar-refractivity contribution in [2.75, 3.05) is 40.9 Å². The van der Waals surface area contributed by atoms with Crippen molar-refractivity contribution < 1.29 is 32.9 Å². The van der Waals surface area contributed by atoms with E-state index < -0.39 is 20.0 Å². The standard InChI is InChI=1S/C55H95N2O6P/c1-6-8-10-12-14-16-17-18-19-20-21-22-23-24-25-26-27-28-29-30-31-32-33-34-35-36-37-38-39-41-43-45-47-49-55(59)56-53(52-63-64(60,61)62-51-50-57(3,4)5)54(58)48-46-44-42-40-15-13-11-9-7-2/h8,10,14,16,18-19,21-22,24-25,27-28,30-31,33-34,36-37,53-54,58H,6-7,9,11-13,15,17,20,23,26,29,32,35,38-52H2,1-5H3,(H-,56,59,60,61)/b10-8-,16-14-,19-18-,22-21-,25-24-,28-27-,31-30-,34-33-,37-36-. The van der Waals surface area contributed by atoms with Crippen LogP contribution in [0.2, 0.25) is 0 Å². The Hall–Kier alpha value is -2.84. The van der Waals surface area contributed by atoms with E-state index in [1.54, 1.807) is 0 Å². The number of aliphatic hydroxyl groups excluding tert-OH is 1. The predicted molar refractivity (Wildman–Crippen MR) is 274 cm³/mol. The first-order valence-electron chi connectivity index (χ1n) is 25.2. The number of likely N-dealkylation sites (N-methyl/N-ethyl adjacent to an activating group) is 1. The highest BCUT2D eigenvalue weighted by Crippen LogP contribution is 2.38. The molecule has 0 aliphatic rings. The summed E-state index contributed by atoms with van der Waals surface area (Å²) in [5, 5.41) is 13.8. The van der Waals surface area contributed by atoms with Crippen molar-refractivity contribution in [1.29, 1.82) is 0 Å². The third-order valence-corrected chi connectivity index (χ3v) is 11.5. The summed E-state index contributed by atoms with van der Waals surface area (Å²) in [6, 6.07) is -0.817. The molecule has 0 heterocycles. The fourth-order valence-electron chi connectivity index (χ4n) is 6.56. The second-order valence-electron chi connectivity index (χ2n) is 17.8. The minimum atomic E-state index is -4.57. The number of phosphoric acid groups is 1. The molecule has 0 aliphatic carbocycles. The molecule has 0 spiro atoms. The SMILES string of the molecule is CC/C=C\C/C=C\C/C=C\C/C=C\C/C=C\C/C=C\C/C=C\C/C=C\C/C=C\CCCCCCCC(=O)NC(COP(=O)([O-])OCC[N+](C)(C)C)C(O)CCCCCCCCCCC. The van der Waals surface area contributed by atoms with Gasteiger partial charge in [-0.2, -0.15) is 0 Å². The van der Waals surface area contributed by atoms with Gasteiger partial charge in [-0.3, -0.25) is 9.36 Å². The normalized spacial score (nSPS) is 15.0. The first kappa shape index (κ1) is 61.2. The Bertz CT molecular complexity index is 1400. The van der Waals surface area contributed by atoms with Gasteiger partial charge < -0.3 is 28.8 Å². The number of nitrogens with one attached hydrogen (secondary N) is 1.